The Kier molecular flexibility index (Phi) is 1.93. The van der Waals surface area contributed by atoms with Crippen molar-refractivity contribution in [2.75, 3.05) is 0 Å². The van der Waals surface area contributed by atoms with Crippen LogP contribution in [-0.2, 0) is 0 Å². The van der Waals surface area contributed by atoms with Crippen molar-refractivity contribution in [3.8, 4) is 0 Å². The average Bonchev–Trinajstić information content (AvgIpc) is 1.80. The van der Waals surface area contributed by atoms with Gasteiger partial charge in [0, 0.05) is 11.1 Å². The van der Waals surface area contributed by atoms with Gasteiger partial charge in [-0.1, -0.05) is 0 Å². The fraction of sp³-hybridized carbons (Fsp3) is 0.200. The number of hydrogen-bond donors (Lipinski definition) is 1. The maximum absolute atomic E-state index is 5.46. The number of nitrogens with zero attached hydrogens (tertiary/aromatic N) is 2. The van der Waals surface area contributed by atoms with E-state index >= 15 is 0 Å². The third-order valence-corrected chi connectivity index (χ3v) is 1.55. The highest BCUT2D eigenvalue weighted by atomic mass is 35.5. The SMILES string of the molecule is Cc1nc(Cl)ncc1S. The maximum atomic E-state index is 5.46. The summed E-state index contributed by atoms with van der Waals surface area (Å²) in [7, 11) is 0. The second-order valence-corrected chi connectivity index (χ2v) is 2.43. The Morgan fingerprint density at radius 2 is 2.33 bits per heavy atom. The Morgan fingerprint density at radius 3 is 2.78 bits per heavy atom. The number of aryl methyl sites for hydroxylation is 1. The summed E-state index contributed by atoms with van der Waals surface area (Å²) in [6.07, 6.45) is 1.58. The molecule has 1 aromatic heterocycles. The molecule has 0 saturated carbocycles. The van der Waals surface area contributed by atoms with Gasteiger partial charge in [-0.25, -0.2) is 9.97 Å². The normalized spacial score (nSPS) is 9.67. The number of thiol groups is 1. The van der Waals surface area contributed by atoms with Gasteiger partial charge in [0.05, 0.1) is 5.69 Å². The van der Waals surface area contributed by atoms with E-state index in [-0.39, 0.29) is 5.28 Å². The van der Waals surface area contributed by atoms with Crippen molar-refractivity contribution < 1.29 is 0 Å². The quantitative estimate of drug-likeness (QED) is 0.462. The second kappa shape index (κ2) is 2.54. The molecular formula is C5H5ClN2S. The second-order valence-electron chi connectivity index (χ2n) is 1.61. The van der Waals surface area contributed by atoms with Crippen molar-refractivity contribution in [1.82, 2.24) is 9.97 Å². The number of hydrogen-bond acceptors (Lipinski definition) is 3. The number of halogens is 1. The summed E-state index contributed by atoms with van der Waals surface area (Å²) in [4.78, 5) is 8.33. The van der Waals surface area contributed by atoms with Crippen molar-refractivity contribution in [3.63, 3.8) is 0 Å². The van der Waals surface area contributed by atoms with Crippen LogP contribution in [0.2, 0.25) is 5.28 Å². The summed E-state index contributed by atoms with van der Waals surface area (Å²) in [6, 6.07) is 0. The molecule has 48 valence electrons. The lowest BCUT2D eigenvalue weighted by molar-refractivity contribution is 1.03. The van der Waals surface area contributed by atoms with Crippen LogP contribution in [-0.4, -0.2) is 9.97 Å². The van der Waals surface area contributed by atoms with Crippen LogP contribution >= 0.6 is 24.2 Å². The average molecular weight is 161 g/mol. The van der Waals surface area contributed by atoms with Crippen molar-refractivity contribution in [2.45, 2.75) is 11.8 Å². The van der Waals surface area contributed by atoms with E-state index in [1.165, 1.54) is 0 Å². The van der Waals surface area contributed by atoms with Gasteiger partial charge >= 0.3 is 0 Å². The first kappa shape index (κ1) is 6.83. The molecule has 0 unspecified atom stereocenters. The van der Waals surface area contributed by atoms with E-state index < -0.39 is 0 Å². The van der Waals surface area contributed by atoms with Crippen molar-refractivity contribution in [1.29, 1.82) is 0 Å². The topological polar surface area (TPSA) is 25.8 Å². The zero-order valence-electron chi connectivity index (χ0n) is 4.80. The zero-order chi connectivity index (χ0) is 6.85. The molecule has 0 amide bonds. The predicted molar refractivity (Wildman–Crippen MR) is 39.0 cm³/mol. The van der Waals surface area contributed by atoms with Gasteiger partial charge in [-0.05, 0) is 18.5 Å². The summed E-state index contributed by atoms with van der Waals surface area (Å²) >= 11 is 9.52. The Hall–Kier alpha value is -0.280. The fourth-order valence-electron chi connectivity index (χ4n) is 0.432. The lowest BCUT2D eigenvalue weighted by atomic mass is 10.5. The lowest BCUT2D eigenvalue weighted by Gasteiger charge is -1.94. The molecule has 0 aliphatic carbocycles. The minimum Gasteiger partial charge on any atom is -0.225 e. The summed E-state index contributed by atoms with van der Waals surface area (Å²) in [6.45, 7) is 1.83. The molecule has 0 saturated heterocycles. The van der Waals surface area contributed by atoms with E-state index in [0.29, 0.717) is 0 Å². The molecule has 1 heterocycles. The minimum absolute atomic E-state index is 0.269. The van der Waals surface area contributed by atoms with E-state index in [4.69, 9.17) is 11.6 Å². The monoisotopic (exact) mass is 160 g/mol. The van der Waals surface area contributed by atoms with E-state index in [1.54, 1.807) is 6.20 Å². The lowest BCUT2D eigenvalue weighted by Crippen LogP contribution is -1.86. The molecule has 9 heavy (non-hydrogen) atoms. The molecule has 0 radical (unpaired) electrons. The smallest absolute Gasteiger partial charge is 0.222 e. The number of aromatic nitrogens is 2. The Morgan fingerprint density at radius 1 is 1.67 bits per heavy atom. The molecule has 0 aliphatic rings. The predicted octanol–water partition coefficient (Wildman–Crippen LogP) is 1.73. The van der Waals surface area contributed by atoms with Crippen LogP contribution in [0.25, 0.3) is 0 Å². The molecule has 0 aromatic carbocycles. The van der Waals surface area contributed by atoms with E-state index in [0.717, 1.165) is 10.6 Å². The first-order valence-corrected chi connectivity index (χ1v) is 3.21. The van der Waals surface area contributed by atoms with Gasteiger partial charge in [-0.15, -0.1) is 12.6 Å². The molecule has 2 nitrogen and oxygen atoms in total. The van der Waals surface area contributed by atoms with Crippen LogP contribution in [0.15, 0.2) is 11.1 Å². The molecular weight excluding hydrogens is 156 g/mol. The van der Waals surface area contributed by atoms with Gasteiger partial charge in [-0.3, -0.25) is 0 Å². The third kappa shape index (κ3) is 1.56. The molecule has 0 spiro atoms. The minimum atomic E-state index is 0.269. The number of rotatable bonds is 0. The van der Waals surface area contributed by atoms with Gasteiger partial charge in [0.1, 0.15) is 0 Å². The molecule has 0 fully saturated rings. The molecule has 4 heteroatoms. The molecule has 0 bridgehead atoms. The largest absolute Gasteiger partial charge is 0.225 e. The Labute approximate surface area is 63.7 Å². The Bertz CT molecular complexity index is 226. The van der Waals surface area contributed by atoms with Crippen LogP contribution in [0, 0.1) is 6.92 Å². The maximum Gasteiger partial charge on any atom is 0.222 e. The van der Waals surface area contributed by atoms with E-state index in [9.17, 15) is 0 Å². The van der Waals surface area contributed by atoms with Gasteiger partial charge in [0.15, 0.2) is 0 Å². The first-order valence-electron chi connectivity index (χ1n) is 2.38. The van der Waals surface area contributed by atoms with Gasteiger partial charge in [0.2, 0.25) is 5.28 Å². The van der Waals surface area contributed by atoms with Crippen LogP contribution in [0.4, 0.5) is 0 Å². The molecule has 0 atom stereocenters. The van der Waals surface area contributed by atoms with Crippen molar-refractivity contribution >= 4 is 24.2 Å². The first-order chi connectivity index (χ1) is 4.20. The summed E-state index contributed by atoms with van der Waals surface area (Å²) in [5, 5.41) is 0.269. The molecule has 1 aromatic rings. The van der Waals surface area contributed by atoms with Gasteiger partial charge in [-0.2, -0.15) is 0 Å². The molecule has 0 aliphatic heterocycles. The standard InChI is InChI=1S/C5H5ClN2S/c1-3-4(9)2-7-5(6)8-3/h2,9H,1H3. The van der Waals surface area contributed by atoms with E-state index in [1.807, 2.05) is 6.92 Å². The zero-order valence-corrected chi connectivity index (χ0v) is 6.45. The van der Waals surface area contributed by atoms with E-state index in [2.05, 4.69) is 22.6 Å². The van der Waals surface area contributed by atoms with Crippen LogP contribution in [0.3, 0.4) is 0 Å². The van der Waals surface area contributed by atoms with Crippen molar-refractivity contribution in [2.24, 2.45) is 0 Å². The summed E-state index contributed by atoms with van der Waals surface area (Å²) < 4.78 is 0. The molecule has 0 N–H and O–H groups in total. The van der Waals surface area contributed by atoms with Crippen LogP contribution < -0.4 is 0 Å². The fourth-order valence-corrected chi connectivity index (χ4v) is 0.716. The highest BCUT2D eigenvalue weighted by Gasteiger charge is 1.94. The van der Waals surface area contributed by atoms with Gasteiger partial charge < -0.3 is 0 Å². The van der Waals surface area contributed by atoms with Crippen LogP contribution in [0.5, 0.6) is 0 Å². The van der Waals surface area contributed by atoms with Crippen molar-refractivity contribution in [3.05, 3.63) is 17.2 Å². The summed E-state index contributed by atoms with van der Waals surface area (Å²) in [5.41, 5.74) is 0.804. The Balaban J connectivity index is 3.17. The molecule has 1 rings (SSSR count). The van der Waals surface area contributed by atoms with Crippen LogP contribution in [0.1, 0.15) is 5.69 Å². The highest BCUT2D eigenvalue weighted by Crippen LogP contribution is 2.09. The third-order valence-electron chi connectivity index (χ3n) is 0.924. The summed E-state index contributed by atoms with van der Waals surface area (Å²) in [5.74, 6) is 0. The van der Waals surface area contributed by atoms with Gasteiger partial charge in [0.25, 0.3) is 0 Å². The highest BCUT2D eigenvalue weighted by molar-refractivity contribution is 7.80.